The van der Waals surface area contributed by atoms with Crippen molar-refractivity contribution in [1.82, 2.24) is 4.57 Å². The first kappa shape index (κ1) is 34.3. The van der Waals surface area contributed by atoms with Gasteiger partial charge in [0.25, 0.3) is 5.56 Å². The molecular formula is C39H34FIN2O5S. The fraction of sp³-hybridized carbons (Fsp3) is 0.205. The molecule has 0 amide bonds. The maximum absolute atomic E-state index is 14.4. The van der Waals surface area contributed by atoms with Crippen LogP contribution < -0.4 is 24.4 Å². The summed E-state index contributed by atoms with van der Waals surface area (Å²) in [6, 6.07) is 26.6. The van der Waals surface area contributed by atoms with Crippen LogP contribution in [-0.2, 0) is 16.1 Å². The Kier molecular flexibility index (Phi) is 10.4. The molecule has 0 spiro atoms. The van der Waals surface area contributed by atoms with E-state index < -0.39 is 12.0 Å². The molecule has 0 N–H and O–H groups in total. The second-order valence-electron chi connectivity index (χ2n) is 11.7. The van der Waals surface area contributed by atoms with E-state index >= 15 is 0 Å². The number of hydrogen-bond acceptors (Lipinski definition) is 7. The summed E-state index contributed by atoms with van der Waals surface area (Å²) >= 11 is 3.43. The van der Waals surface area contributed by atoms with Gasteiger partial charge in [-0.2, -0.15) is 0 Å². The number of esters is 1. The van der Waals surface area contributed by atoms with Crippen molar-refractivity contribution < 1.29 is 23.4 Å². The highest BCUT2D eigenvalue weighted by Crippen LogP contribution is 2.37. The normalized spacial score (nSPS) is 14.4. The fourth-order valence-electron chi connectivity index (χ4n) is 5.67. The van der Waals surface area contributed by atoms with Crippen molar-refractivity contribution in [2.75, 3.05) is 13.7 Å². The van der Waals surface area contributed by atoms with Crippen LogP contribution in [0.5, 0.6) is 11.5 Å². The van der Waals surface area contributed by atoms with E-state index in [0.29, 0.717) is 38.0 Å². The molecule has 0 unspecified atom stereocenters. The summed E-state index contributed by atoms with van der Waals surface area (Å²) in [5.41, 5.74) is 4.73. The van der Waals surface area contributed by atoms with Crippen LogP contribution in [0.3, 0.4) is 0 Å². The molecule has 7 nitrogen and oxygen atoms in total. The molecule has 10 heteroatoms. The van der Waals surface area contributed by atoms with Crippen molar-refractivity contribution in [3.63, 3.8) is 0 Å². The number of benzene rings is 4. The van der Waals surface area contributed by atoms with E-state index in [1.54, 1.807) is 36.8 Å². The van der Waals surface area contributed by atoms with Crippen LogP contribution in [0.2, 0.25) is 0 Å². The summed E-state index contributed by atoms with van der Waals surface area (Å²) in [5.74, 6) is 0.521. The highest BCUT2D eigenvalue weighted by atomic mass is 127. The van der Waals surface area contributed by atoms with E-state index in [2.05, 4.69) is 36.4 Å². The molecule has 0 radical (unpaired) electrons. The van der Waals surface area contributed by atoms with Gasteiger partial charge in [0.1, 0.15) is 12.4 Å². The molecule has 6 rings (SSSR count). The van der Waals surface area contributed by atoms with Crippen LogP contribution in [0.15, 0.2) is 106 Å². The van der Waals surface area contributed by atoms with E-state index in [1.807, 2.05) is 66.7 Å². The third-order valence-corrected chi connectivity index (χ3v) is 9.92. The molecular weight excluding hydrogens is 754 g/mol. The molecule has 1 aromatic heterocycles. The van der Waals surface area contributed by atoms with Crippen LogP contribution in [0, 0.1) is 9.39 Å². The Morgan fingerprint density at radius 2 is 1.76 bits per heavy atom. The lowest BCUT2D eigenvalue weighted by Gasteiger charge is -2.26. The molecule has 0 saturated heterocycles. The van der Waals surface area contributed by atoms with E-state index in [9.17, 15) is 14.0 Å². The first-order chi connectivity index (χ1) is 23.7. The molecule has 49 heavy (non-hydrogen) atoms. The predicted molar refractivity (Wildman–Crippen MR) is 198 cm³/mol. The standard InChI is InChI=1S/C39H34FIN2O5S/c1-5-47-38(45)33-34(27-9-7-6-8-10-27)42-39-43(35(33)28-15-13-26(14-16-28)23(2)3)37(44)32(49-39)21-25-19-30(41)36(31(20-25)46-4)48-22-24-11-17-29(40)18-12-24/h6-21,23,35H,5,22H2,1-4H3/b32-21-/t35-/m1/s1. The van der Waals surface area contributed by atoms with Crippen LogP contribution >= 0.6 is 33.9 Å². The summed E-state index contributed by atoms with van der Waals surface area (Å²) in [7, 11) is 1.56. The minimum absolute atomic E-state index is 0.178. The van der Waals surface area contributed by atoms with Crippen LogP contribution in [0.4, 0.5) is 4.39 Å². The van der Waals surface area contributed by atoms with Gasteiger partial charge in [0, 0.05) is 5.56 Å². The molecule has 1 aliphatic rings. The van der Waals surface area contributed by atoms with Crippen molar-refractivity contribution in [2.45, 2.75) is 39.3 Å². The van der Waals surface area contributed by atoms with Gasteiger partial charge in [-0.05, 0) is 88.0 Å². The third kappa shape index (κ3) is 7.25. The zero-order valence-corrected chi connectivity index (χ0v) is 30.4. The van der Waals surface area contributed by atoms with Gasteiger partial charge in [-0.25, -0.2) is 14.2 Å². The smallest absolute Gasteiger partial charge is 0.338 e. The second kappa shape index (κ2) is 14.9. The lowest BCUT2D eigenvalue weighted by molar-refractivity contribution is -0.138. The van der Waals surface area contributed by atoms with Crippen LogP contribution in [0.25, 0.3) is 11.8 Å². The average molecular weight is 789 g/mol. The lowest BCUT2D eigenvalue weighted by atomic mass is 9.91. The number of carbonyl (C=O) groups is 1. The number of hydrogen-bond donors (Lipinski definition) is 0. The Hall–Kier alpha value is -4.55. The Balaban J connectivity index is 1.49. The Morgan fingerprint density at radius 1 is 1.04 bits per heavy atom. The summed E-state index contributed by atoms with van der Waals surface area (Å²) in [4.78, 5) is 33.5. The van der Waals surface area contributed by atoms with E-state index in [-0.39, 0.29) is 24.6 Å². The van der Waals surface area contributed by atoms with Gasteiger partial charge in [-0.1, -0.05) is 91.9 Å². The fourth-order valence-corrected chi connectivity index (χ4v) is 7.45. The zero-order chi connectivity index (χ0) is 34.7. The largest absolute Gasteiger partial charge is 0.493 e. The maximum Gasteiger partial charge on any atom is 0.338 e. The Bertz CT molecular complexity index is 2210. The van der Waals surface area contributed by atoms with Gasteiger partial charge < -0.3 is 14.2 Å². The minimum Gasteiger partial charge on any atom is -0.493 e. The van der Waals surface area contributed by atoms with Crippen molar-refractivity contribution in [1.29, 1.82) is 0 Å². The van der Waals surface area contributed by atoms with E-state index in [0.717, 1.165) is 31.4 Å². The van der Waals surface area contributed by atoms with E-state index in [4.69, 9.17) is 19.2 Å². The average Bonchev–Trinajstić information content (AvgIpc) is 3.41. The summed E-state index contributed by atoms with van der Waals surface area (Å²) < 4.78 is 33.5. The number of methoxy groups -OCH3 is 1. The third-order valence-electron chi connectivity index (χ3n) is 8.14. The van der Waals surface area contributed by atoms with Crippen LogP contribution in [0.1, 0.15) is 60.5 Å². The number of nitrogens with zero attached hydrogens (tertiary/aromatic N) is 2. The molecule has 250 valence electrons. The number of fused-ring (bicyclic) bond motifs is 1. The summed E-state index contributed by atoms with van der Waals surface area (Å²) in [6.07, 6.45) is 1.80. The van der Waals surface area contributed by atoms with Crippen molar-refractivity contribution in [3.8, 4) is 11.5 Å². The van der Waals surface area contributed by atoms with Gasteiger partial charge in [0.2, 0.25) is 0 Å². The van der Waals surface area contributed by atoms with E-state index in [1.165, 1.54) is 23.5 Å². The molecule has 0 saturated carbocycles. The monoisotopic (exact) mass is 788 g/mol. The first-order valence-electron chi connectivity index (χ1n) is 15.8. The number of ether oxygens (including phenoxy) is 3. The van der Waals surface area contributed by atoms with Gasteiger partial charge in [0.15, 0.2) is 16.3 Å². The number of halogens is 2. The van der Waals surface area contributed by atoms with Crippen molar-refractivity contribution in [2.24, 2.45) is 4.99 Å². The molecule has 0 fully saturated rings. The van der Waals surface area contributed by atoms with Crippen molar-refractivity contribution >= 4 is 51.7 Å². The summed E-state index contributed by atoms with van der Waals surface area (Å²) in [5, 5.41) is 0. The minimum atomic E-state index is -0.759. The number of carbonyl (C=O) groups excluding carboxylic acids is 1. The van der Waals surface area contributed by atoms with Crippen molar-refractivity contribution in [3.05, 3.63) is 153 Å². The zero-order valence-electron chi connectivity index (χ0n) is 27.4. The lowest BCUT2D eigenvalue weighted by Crippen LogP contribution is -2.40. The van der Waals surface area contributed by atoms with Gasteiger partial charge in [-0.15, -0.1) is 0 Å². The molecule has 4 aromatic carbocycles. The van der Waals surface area contributed by atoms with Gasteiger partial charge in [0.05, 0.1) is 39.1 Å². The SMILES string of the molecule is CCOC(=O)C1=C(c2ccccc2)N=c2s/c(=C\c3cc(I)c(OCc4ccc(F)cc4)c(OC)c3)c(=O)n2[C@@H]1c1ccc(C(C)C)cc1. The second-order valence-corrected chi connectivity index (χ2v) is 13.9. The Morgan fingerprint density at radius 3 is 2.41 bits per heavy atom. The Labute approximate surface area is 301 Å². The molecule has 1 atom stereocenters. The molecule has 0 bridgehead atoms. The highest BCUT2D eigenvalue weighted by molar-refractivity contribution is 14.1. The number of rotatable bonds is 10. The summed E-state index contributed by atoms with van der Waals surface area (Å²) in [6.45, 7) is 6.41. The number of aromatic nitrogens is 1. The molecule has 1 aliphatic heterocycles. The molecule has 5 aromatic rings. The predicted octanol–water partition coefficient (Wildman–Crippen LogP) is 7.39. The maximum atomic E-state index is 14.4. The molecule has 0 aliphatic carbocycles. The molecule has 2 heterocycles. The first-order valence-corrected chi connectivity index (χ1v) is 17.7. The number of thiazole rings is 1. The topological polar surface area (TPSA) is 79.1 Å². The van der Waals surface area contributed by atoms with Gasteiger partial charge >= 0.3 is 5.97 Å². The highest BCUT2D eigenvalue weighted by Gasteiger charge is 2.35. The quantitative estimate of drug-likeness (QED) is 0.109. The van der Waals surface area contributed by atoms with Crippen LogP contribution in [-0.4, -0.2) is 24.3 Å². The van der Waals surface area contributed by atoms with Gasteiger partial charge in [-0.3, -0.25) is 9.36 Å².